The van der Waals surface area contributed by atoms with Crippen molar-refractivity contribution >= 4 is 11.9 Å². The highest BCUT2D eigenvalue weighted by molar-refractivity contribution is 5.67. The highest BCUT2D eigenvalue weighted by Gasteiger charge is 2.27. The van der Waals surface area contributed by atoms with Gasteiger partial charge in [-0.2, -0.15) is 0 Å². The Labute approximate surface area is 196 Å². The fourth-order valence-electron chi connectivity index (χ4n) is 5.62. The maximum Gasteiger partial charge on any atom is 0.407 e. The second-order valence-corrected chi connectivity index (χ2v) is 9.95. The number of nitrogens with zero attached hydrogens (tertiary/aromatic N) is 3. The zero-order chi connectivity index (χ0) is 22.5. The minimum Gasteiger partial charge on any atom is -0.489 e. The fraction of sp³-hybridized carbons (Fsp3) is 0.760. The first kappa shape index (κ1) is 22.7. The van der Waals surface area contributed by atoms with Gasteiger partial charge in [-0.3, -0.25) is 4.90 Å². The van der Waals surface area contributed by atoms with E-state index in [0.29, 0.717) is 6.61 Å². The standard InChI is InChI=1S/C25H38N4O4/c30-25(33-22-2-1-16-31-18-22)27-21-5-3-19(4-6-21)8-11-28-12-14-29(15-13-28)24-23-20(7-10-26-24)9-17-32-23/h7,10,19,21-22H,1-6,8-9,11-18H2,(H,27,30). The van der Waals surface area contributed by atoms with Crippen molar-refractivity contribution in [1.29, 1.82) is 0 Å². The van der Waals surface area contributed by atoms with E-state index in [4.69, 9.17) is 14.2 Å². The molecule has 1 aromatic rings. The van der Waals surface area contributed by atoms with Crippen molar-refractivity contribution in [3.05, 3.63) is 17.8 Å². The van der Waals surface area contributed by atoms with Crippen LogP contribution in [0.5, 0.6) is 5.75 Å². The maximum absolute atomic E-state index is 12.2. The van der Waals surface area contributed by atoms with Crippen LogP contribution < -0.4 is 15.0 Å². The Bertz CT molecular complexity index is 785. The van der Waals surface area contributed by atoms with Gasteiger partial charge in [0.15, 0.2) is 11.6 Å². The Kier molecular flexibility index (Phi) is 7.51. The third kappa shape index (κ3) is 5.90. The van der Waals surface area contributed by atoms with Gasteiger partial charge in [0, 0.05) is 57.0 Å². The lowest BCUT2D eigenvalue weighted by Crippen LogP contribution is -2.47. The molecule has 0 spiro atoms. The number of anilines is 1. The molecular weight excluding hydrogens is 420 g/mol. The second kappa shape index (κ2) is 10.9. The number of ether oxygens (including phenoxy) is 3. The molecule has 8 heteroatoms. The van der Waals surface area contributed by atoms with E-state index in [-0.39, 0.29) is 18.2 Å². The topological polar surface area (TPSA) is 76.2 Å². The number of hydrogen-bond acceptors (Lipinski definition) is 7. The summed E-state index contributed by atoms with van der Waals surface area (Å²) in [5.41, 5.74) is 1.30. The summed E-state index contributed by atoms with van der Waals surface area (Å²) in [6.45, 7) is 7.45. The number of carbonyl (C=O) groups is 1. The molecule has 4 heterocycles. The molecule has 1 aliphatic carbocycles. The molecule has 5 rings (SSSR count). The summed E-state index contributed by atoms with van der Waals surface area (Å²) in [6, 6.07) is 2.34. The molecule has 2 saturated heterocycles. The second-order valence-electron chi connectivity index (χ2n) is 9.95. The number of hydrogen-bond donors (Lipinski definition) is 1. The Morgan fingerprint density at radius 3 is 2.76 bits per heavy atom. The Morgan fingerprint density at radius 1 is 1.12 bits per heavy atom. The van der Waals surface area contributed by atoms with Crippen molar-refractivity contribution in [3.8, 4) is 5.75 Å². The fourth-order valence-corrected chi connectivity index (χ4v) is 5.62. The van der Waals surface area contributed by atoms with Crippen LogP contribution in [-0.4, -0.2) is 80.7 Å². The van der Waals surface area contributed by atoms with E-state index in [1.165, 1.54) is 24.8 Å². The summed E-state index contributed by atoms with van der Waals surface area (Å²) in [5, 5.41) is 3.08. The zero-order valence-electron chi connectivity index (χ0n) is 19.7. The summed E-state index contributed by atoms with van der Waals surface area (Å²) in [4.78, 5) is 21.8. The molecule has 0 bridgehead atoms. The number of nitrogens with one attached hydrogen (secondary N) is 1. The van der Waals surface area contributed by atoms with Crippen LogP contribution in [0, 0.1) is 5.92 Å². The van der Waals surface area contributed by atoms with Crippen molar-refractivity contribution in [2.75, 3.05) is 57.4 Å². The molecule has 1 N–H and O–H groups in total. The molecule has 8 nitrogen and oxygen atoms in total. The van der Waals surface area contributed by atoms with Crippen LogP contribution in [-0.2, 0) is 15.9 Å². The van der Waals surface area contributed by atoms with Gasteiger partial charge in [-0.05, 0) is 63.5 Å². The Balaban J connectivity index is 0.980. The van der Waals surface area contributed by atoms with Gasteiger partial charge in [0.2, 0.25) is 0 Å². The number of alkyl carbamates (subject to hydrolysis) is 1. The van der Waals surface area contributed by atoms with E-state index >= 15 is 0 Å². The van der Waals surface area contributed by atoms with Crippen LogP contribution in [0.1, 0.15) is 50.5 Å². The quantitative estimate of drug-likeness (QED) is 0.702. The van der Waals surface area contributed by atoms with Crippen LogP contribution in [0.4, 0.5) is 10.6 Å². The normalized spacial score (nSPS) is 28.1. The molecule has 1 aromatic heterocycles. The van der Waals surface area contributed by atoms with Gasteiger partial charge in [-0.25, -0.2) is 9.78 Å². The lowest BCUT2D eigenvalue weighted by atomic mass is 9.84. The van der Waals surface area contributed by atoms with Crippen molar-refractivity contribution in [2.24, 2.45) is 5.92 Å². The maximum atomic E-state index is 12.2. The highest BCUT2D eigenvalue weighted by Crippen LogP contribution is 2.34. The predicted octanol–water partition coefficient (Wildman–Crippen LogP) is 2.99. The number of amides is 1. The molecule has 3 aliphatic heterocycles. The average Bonchev–Trinajstić information content (AvgIpc) is 3.34. The number of fused-ring (bicyclic) bond motifs is 1. The number of rotatable bonds is 6. The molecule has 1 unspecified atom stereocenters. The summed E-state index contributed by atoms with van der Waals surface area (Å²) in [7, 11) is 0. The molecule has 0 radical (unpaired) electrons. The van der Waals surface area contributed by atoms with Gasteiger partial charge >= 0.3 is 6.09 Å². The molecule has 1 amide bonds. The zero-order valence-corrected chi connectivity index (χ0v) is 19.7. The van der Waals surface area contributed by atoms with Crippen LogP contribution in [0.15, 0.2) is 12.3 Å². The molecule has 1 saturated carbocycles. The summed E-state index contributed by atoms with van der Waals surface area (Å²) in [6.07, 6.45) is 10.2. The van der Waals surface area contributed by atoms with Gasteiger partial charge in [0.25, 0.3) is 0 Å². The lowest BCUT2D eigenvalue weighted by Gasteiger charge is -2.37. The molecular formula is C25H38N4O4. The van der Waals surface area contributed by atoms with Gasteiger partial charge in [0.05, 0.1) is 13.2 Å². The van der Waals surface area contributed by atoms with E-state index in [9.17, 15) is 4.79 Å². The third-order valence-electron chi connectivity index (χ3n) is 7.67. The van der Waals surface area contributed by atoms with Crippen LogP contribution in [0.25, 0.3) is 0 Å². The van der Waals surface area contributed by atoms with Crippen LogP contribution >= 0.6 is 0 Å². The lowest BCUT2D eigenvalue weighted by molar-refractivity contribution is -0.0175. The minimum atomic E-state index is -0.268. The molecule has 0 aromatic carbocycles. The van der Waals surface area contributed by atoms with Crippen molar-refractivity contribution in [2.45, 2.75) is 63.5 Å². The molecule has 4 aliphatic rings. The van der Waals surface area contributed by atoms with Crippen LogP contribution in [0.3, 0.4) is 0 Å². The van der Waals surface area contributed by atoms with Gasteiger partial charge in [0.1, 0.15) is 6.10 Å². The van der Waals surface area contributed by atoms with Crippen LogP contribution in [0.2, 0.25) is 0 Å². The summed E-state index contributed by atoms with van der Waals surface area (Å²) < 4.78 is 16.8. The van der Waals surface area contributed by atoms with Crippen molar-refractivity contribution < 1.29 is 19.0 Å². The number of pyridine rings is 1. The van der Waals surface area contributed by atoms with Crippen molar-refractivity contribution in [1.82, 2.24) is 15.2 Å². The SMILES string of the molecule is O=C(NC1CCC(CCN2CCN(c3nccc4c3OCC4)CC2)CC1)OC1CCCOC1. The number of carbonyl (C=O) groups excluding carboxylic acids is 1. The van der Waals surface area contributed by atoms with Crippen molar-refractivity contribution in [3.63, 3.8) is 0 Å². The van der Waals surface area contributed by atoms with E-state index in [1.54, 1.807) is 0 Å². The first-order chi connectivity index (χ1) is 16.2. The molecule has 3 fully saturated rings. The Morgan fingerprint density at radius 2 is 1.97 bits per heavy atom. The molecule has 182 valence electrons. The third-order valence-corrected chi connectivity index (χ3v) is 7.67. The molecule has 1 atom stereocenters. The summed E-state index contributed by atoms with van der Waals surface area (Å²) in [5.74, 6) is 2.80. The summed E-state index contributed by atoms with van der Waals surface area (Å²) >= 11 is 0. The highest BCUT2D eigenvalue weighted by atomic mass is 16.6. The number of aromatic nitrogens is 1. The van der Waals surface area contributed by atoms with E-state index in [0.717, 1.165) is 95.5 Å². The van der Waals surface area contributed by atoms with Gasteiger partial charge in [-0.15, -0.1) is 0 Å². The van der Waals surface area contributed by atoms with E-state index < -0.39 is 0 Å². The first-order valence-corrected chi connectivity index (χ1v) is 12.9. The monoisotopic (exact) mass is 458 g/mol. The largest absolute Gasteiger partial charge is 0.489 e. The predicted molar refractivity (Wildman–Crippen MR) is 126 cm³/mol. The minimum absolute atomic E-state index is 0.0818. The van der Waals surface area contributed by atoms with Gasteiger partial charge in [-0.1, -0.05) is 0 Å². The first-order valence-electron chi connectivity index (χ1n) is 12.9. The van der Waals surface area contributed by atoms with E-state index in [2.05, 4.69) is 26.2 Å². The molecule has 33 heavy (non-hydrogen) atoms. The number of piperazine rings is 1. The van der Waals surface area contributed by atoms with Gasteiger partial charge < -0.3 is 24.4 Å². The van der Waals surface area contributed by atoms with E-state index in [1.807, 2.05) is 6.20 Å². The average molecular weight is 459 g/mol. The Hall–Kier alpha value is -2.06. The smallest absolute Gasteiger partial charge is 0.407 e.